The lowest BCUT2D eigenvalue weighted by Gasteiger charge is -2.33. The molecule has 6 nitrogen and oxygen atoms in total. The van der Waals surface area contributed by atoms with Crippen molar-refractivity contribution in [2.45, 2.75) is 17.9 Å². The molecule has 2 rings (SSSR count). The van der Waals surface area contributed by atoms with E-state index in [1.165, 1.54) is 19.1 Å². The highest BCUT2D eigenvalue weighted by atomic mass is 32.2. The van der Waals surface area contributed by atoms with Gasteiger partial charge in [-0.2, -0.15) is 8.42 Å². The average Bonchev–Trinajstić information content (AvgIpc) is 2.39. The summed E-state index contributed by atoms with van der Waals surface area (Å²) in [5.41, 5.74) is 0.310. The smallest absolute Gasteiger partial charge is 0.294 e. The maximum atomic E-state index is 12.0. The van der Waals surface area contributed by atoms with E-state index in [-0.39, 0.29) is 10.7 Å². The summed E-state index contributed by atoms with van der Waals surface area (Å²) in [6, 6.07) is 5.35. The van der Waals surface area contributed by atoms with Gasteiger partial charge in [0.05, 0.1) is 24.2 Å². The number of carbonyl (C=O) groups is 1. The minimum atomic E-state index is -4.36. The number of carbonyl (C=O) groups excluding carboxylic acids is 1. The fourth-order valence-electron chi connectivity index (χ4n) is 2.45. The van der Waals surface area contributed by atoms with Crippen molar-refractivity contribution in [2.75, 3.05) is 26.3 Å². The van der Waals surface area contributed by atoms with E-state index < -0.39 is 16.2 Å². The largest absolute Gasteiger partial charge is 0.379 e. The Morgan fingerprint density at radius 3 is 2.45 bits per heavy atom. The third kappa shape index (κ3) is 3.24. The molecule has 0 saturated carbocycles. The molecule has 0 aromatic heterocycles. The number of hydrogen-bond acceptors (Lipinski definition) is 5. The van der Waals surface area contributed by atoms with Crippen LogP contribution in [0.15, 0.2) is 29.2 Å². The number of rotatable bonds is 4. The maximum Gasteiger partial charge on any atom is 0.294 e. The number of benzene rings is 1. The minimum absolute atomic E-state index is 0.164. The van der Waals surface area contributed by atoms with Crippen molar-refractivity contribution < 1.29 is 22.5 Å². The molecule has 1 heterocycles. The number of hydrogen-bond donors (Lipinski definition) is 1. The zero-order valence-corrected chi connectivity index (χ0v) is 12.0. The van der Waals surface area contributed by atoms with Gasteiger partial charge in [0.25, 0.3) is 10.1 Å². The summed E-state index contributed by atoms with van der Waals surface area (Å²) in [6.07, 6.45) is 0. The molecule has 0 spiro atoms. The van der Waals surface area contributed by atoms with E-state index >= 15 is 0 Å². The van der Waals surface area contributed by atoms with Crippen LogP contribution < -0.4 is 0 Å². The maximum absolute atomic E-state index is 12.0. The molecule has 1 aliphatic rings. The first-order valence-corrected chi connectivity index (χ1v) is 7.74. The fraction of sp³-hybridized carbons (Fsp3) is 0.462. The predicted molar refractivity (Wildman–Crippen MR) is 72.1 cm³/mol. The van der Waals surface area contributed by atoms with Crippen LogP contribution in [0.4, 0.5) is 0 Å². The van der Waals surface area contributed by atoms with Crippen LogP contribution in [0.2, 0.25) is 0 Å². The lowest BCUT2D eigenvalue weighted by molar-refractivity contribution is -0.124. The van der Waals surface area contributed by atoms with Crippen LogP contribution >= 0.6 is 0 Å². The molecule has 1 N–H and O–H groups in total. The summed E-state index contributed by atoms with van der Waals surface area (Å²) >= 11 is 0. The number of nitrogens with zero attached hydrogens (tertiary/aromatic N) is 1. The summed E-state index contributed by atoms with van der Waals surface area (Å²) in [5, 5.41) is 0. The third-order valence-electron chi connectivity index (χ3n) is 3.29. The highest BCUT2D eigenvalue weighted by Crippen LogP contribution is 2.28. The van der Waals surface area contributed by atoms with Crippen molar-refractivity contribution in [3.05, 3.63) is 29.8 Å². The van der Waals surface area contributed by atoms with E-state index in [0.717, 1.165) is 0 Å². The van der Waals surface area contributed by atoms with Crippen molar-refractivity contribution in [2.24, 2.45) is 0 Å². The number of ketones is 1. The van der Waals surface area contributed by atoms with Crippen molar-refractivity contribution >= 4 is 15.9 Å². The molecule has 110 valence electrons. The standard InChI is InChI=1S/C13H17NO5S/c1-10(15)13(14-6-8-19-9-7-14)11-4-2-3-5-12(11)20(16,17)18/h2-5,13H,6-9H2,1H3,(H,16,17,18). The van der Waals surface area contributed by atoms with Gasteiger partial charge in [-0.25, -0.2) is 0 Å². The van der Waals surface area contributed by atoms with E-state index in [1.54, 1.807) is 12.1 Å². The van der Waals surface area contributed by atoms with Gasteiger partial charge in [-0.1, -0.05) is 18.2 Å². The molecule has 1 aromatic rings. The highest BCUT2D eigenvalue weighted by molar-refractivity contribution is 7.85. The van der Waals surface area contributed by atoms with E-state index in [0.29, 0.717) is 31.9 Å². The first-order valence-electron chi connectivity index (χ1n) is 6.30. The van der Waals surface area contributed by atoms with Crippen LogP contribution in [0.1, 0.15) is 18.5 Å². The second-order valence-corrected chi connectivity index (χ2v) is 6.06. The van der Waals surface area contributed by atoms with Crippen molar-refractivity contribution in [1.29, 1.82) is 0 Å². The average molecular weight is 299 g/mol. The monoisotopic (exact) mass is 299 g/mol. The second-order valence-electron chi connectivity index (χ2n) is 4.67. The highest BCUT2D eigenvalue weighted by Gasteiger charge is 2.30. The molecule has 1 saturated heterocycles. The Labute approximate surface area is 118 Å². The van der Waals surface area contributed by atoms with E-state index in [1.807, 2.05) is 4.90 Å². The van der Waals surface area contributed by atoms with Crippen molar-refractivity contribution in [3.63, 3.8) is 0 Å². The van der Waals surface area contributed by atoms with Gasteiger partial charge in [0.2, 0.25) is 0 Å². The summed E-state index contributed by atoms with van der Waals surface area (Å²) in [5.74, 6) is -0.164. The molecule has 20 heavy (non-hydrogen) atoms. The van der Waals surface area contributed by atoms with Crippen LogP contribution in [0.5, 0.6) is 0 Å². The molecule has 1 fully saturated rings. The van der Waals surface area contributed by atoms with Crippen LogP contribution in [0.25, 0.3) is 0 Å². The quantitative estimate of drug-likeness (QED) is 0.831. The normalized spacial score (nSPS) is 18.7. The summed E-state index contributed by atoms with van der Waals surface area (Å²) < 4.78 is 37.5. The lowest BCUT2D eigenvalue weighted by atomic mass is 10.0. The molecule has 1 aliphatic heterocycles. The number of morpholine rings is 1. The molecule has 1 atom stereocenters. The van der Waals surface area contributed by atoms with Gasteiger partial charge in [-0.05, 0) is 18.6 Å². The van der Waals surface area contributed by atoms with Gasteiger partial charge >= 0.3 is 0 Å². The Balaban J connectivity index is 2.47. The van der Waals surface area contributed by atoms with Gasteiger partial charge in [0, 0.05) is 13.1 Å². The van der Waals surface area contributed by atoms with Crippen molar-refractivity contribution in [1.82, 2.24) is 4.90 Å². The lowest BCUT2D eigenvalue weighted by Crippen LogP contribution is -2.42. The van der Waals surface area contributed by atoms with E-state index in [2.05, 4.69) is 0 Å². The fourth-order valence-corrected chi connectivity index (χ4v) is 3.18. The SMILES string of the molecule is CC(=O)C(c1ccccc1S(=O)(=O)O)N1CCOCC1. The first kappa shape index (κ1) is 15.1. The molecule has 1 unspecified atom stereocenters. The topological polar surface area (TPSA) is 83.9 Å². The van der Waals surface area contributed by atoms with Gasteiger partial charge in [-0.3, -0.25) is 14.2 Å². The predicted octanol–water partition coefficient (Wildman–Crippen LogP) is 0.896. The van der Waals surface area contributed by atoms with Gasteiger partial charge < -0.3 is 4.74 Å². The second kappa shape index (κ2) is 6.01. The molecule has 0 radical (unpaired) electrons. The molecular formula is C13H17NO5S. The Morgan fingerprint density at radius 1 is 1.30 bits per heavy atom. The molecule has 1 aromatic carbocycles. The molecule has 0 bridgehead atoms. The van der Waals surface area contributed by atoms with Crippen LogP contribution in [0, 0.1) is 0 Å². The Morgan fingerprint density at radius 2 is 1.90 bits per heavy atom. The number of Topliss-reactive ketones (excluding diaryl/α,β-unsaturated/α-hetero) is 1. The Kier molecular flexibility index (Phi) is 4.54. The van der Waals surface area contributed by atoms with Crippen molar-refractivity contribution in [3.8, 4) is 0 Å². The molecule has 0 amide bonds. The van der Waals surface area contributed by atoms with Crippen LogP contribution in [-0.2, 0) is 19.6 Å². The summed E-state index contributed by atoms with van der Waals surface area (Å²) in [4.78, 5) is 13.6. The first-order chi connectivity index (χ1) is 9.41. The van der Waals surface area contributed by atoms with Gasteiger partial charge in [0.1, 0.15) is 0 Å². The van der Waals surface area contributed by atoms with Gasteiger partial charge in [-0.15, -0.1) is 0 Å². The minimum Gasteiger partial charge on any atom is -0.379 e. The van der Waals surface area contributed by atoms with Crippen LogP contribution in [-0.4, -0.2) is 50.0 Å². The summed E-state index contributed by atoms with van der Waals surface area (Å²) in [6.45, 7) is 3.50. The summed E-state index contributed by atoms with van der Waals surface area (Å²) in [7, 11) is -4.36. The number of ether oxygens (including phenoxy) is 1. The zero-order valence-electron chi connectivity index (χ0n) is 11.2. The molecular weight excluding hydrogens is 282 g/mol. The Hall–Kier alpha value is -1.28. The Bertz CT molecular complexity index is 593. The zero-order chi connectivity index (χ0) is 14.8. The third-order valence-corrected chi connectivity index (χ3v) is 4.21. The van der Waals surface area contributed by atoms with Crippen LogP contribution in [0.3, 0.4) is 0 Å². The van der Waals surface area contributed by atoms with E-state index in [9.17, 15) is 17.8 Å². The molecule has 7 heteroatoms. The molecule has 0 aliphatic carbocycles. The van der Waals surface area contributed by atoms with E-state index in [4.69, 9.17) is 4.74 Å². The van der Waals surface area contributed by atoms with Gasteiger partial charge in [0.15, 0.2) is 5.78 Å².